The number of anilines is 3. The van der Waals surface area contributed by atoms with Crippen molar-refractivity contribution >= 4 is 17.1 Å². The average Bonchev–Trinajstić information content (AvgIpc) is 3.66. The minimum absolute atomic E-state index is 0.00219. The first-order chi connectivity index (χ1) is 27.7. The molecule has 276 valence electrons. The molecule has 1 heteroatoms. The molecule has 2 aliphatic rings. The van der Waals surface area contributed by atoms with E-state index in [1.165, 1.54) is 72.3 Å². The van der Waals surface area contributed by atoms with Gasteiger partial charge in [0.25, 0.3) is 0 Å². The molecular weight excluding hydrogens is 687 g/mol. The van der Waals surface area contributed by atoms with Gasteiger partial charge in [-0.25, -0.2) is 0 Å². The lowest BCUT2D eigenvalue weighted by atomic mass is 9.67. The Morgan fingerprint density at radius 1 is 0.368 bits per heavy atom. The fourth-order valence-corrected chi connectivity index (χ4v) is 9.79. The molecule has 8 aromatic carbocycles. The quantitative estimate of drug-likeness (QED) is 0.164. The normalized spacial score (nSPS) is 14.3. The maximum Gasteiger partial charge on any atom is 0.0714 e. The van der Waals surface area contributed by atoms with Crippen LogP contribution in [-0.2, 0) is 16.2 Å². The van der Waals surface area contributed by atoms with E-state index in [4.69, 9.17) is 0 Å². The minimum Gasteiger partial charge on any atom is -0.310 e. The largest absolute Gasteiger partial charge is 0.310 e. The molecule has 0 atom stereocenters. The van der Waals surface area contributed by atoms with Crippen LogP contribution in [0.1, 0.15) is 73.6 Å². The second-order valence-corrected chi connectivity index (χ2v) is 17.4. The Balaban J connectivity index is 1.23. The van der Waals surface area contributed by atoms with E-state index >= 15 is 0 Å². The monoisotopic (exact) mass is 733 g/mol. The van der Waals surface area contributed by atoms with Crippen LogP contribution in [0.4, 0.5) is 17.1 Å². The standard InChI is InChI=1S/C56H47N/c1-54(2,3)42-27-32-48-49-34-31-45(37-53(49)56(52(48)35-42,40-19-11-7-12-20-40)41-21-13-8-14-22-41)57(43-28-25-39(26-29-43)38-17-9-6-10-18-38)44-30-33-47-46-23-15-16-24-50(46)55(4,5)51(47)36-44/h6-37H,1-5H3. The number of nitrogens with zero attached hydrogens (tertiary/aromatic N) is 1. The van der Waals surface area contributed by atoms with Gasteiger partial charge in [-0.2, -0.15) is 0 Å². The van der Waals surface area contributed by atoms with Gasteiger partial charge in [0, 0.05) is 22.5 Å². The molecule has 0 N–H and O–H groups in total. The third-order valence-electron chi connectivity index (χ3n) is 12.7. The van der Waals surface area contributed by atoms with Crippen LogP contribution in [0.5, 0.6) is 0 Å². The maximum absolute atomic E-state index is 2.50. The maximum atomic E-state index is 2.50. The first-order valence-corrected chi connectivity index (χ1v) is 20.3. The molecular formula is C56H47N. The van der Waals surface area contributed by atoms with Gasteiger partial charge < -0.3 is 4.90 Å². The van der Waals surface area contributed by atoms with Crippen molar-refractivity contribution in [2.45, 2.75) is 50.9 Å². The Bertz CT molecular complexity index is 2730. The molecule has 8 aromatic rings. The molecule has 1 nitrogen and oxygen atoms in total. The van der Waals surface area contributed by atoms with E-state index in [1.807, 2.05) is 0 Å². The predicted molar refractivity (Wildman–Crippen MR) is 240 cm³/mol. The molecule has 0 bridgehead atoms. The van der Waals surface area contributed by atoms with Crippen LogP contribution in [0.25, 0.3) is 33.4 Å². The second-order valence-electron chi connectivity index (χ2n) is 17.4. The molecule has 10 rings (SSSR count). The average molecular weight is 734 g/mol. The fraction of sp³-hybridized carbons (Fsp3) is 0.143. The lowest BCUT2D eigenvalue weighted by molar-refractivity contribution is 0.588. The molecule has 0 unspecified atom stereocenters. The number of hydrogen-bond donors (Lipinski definition) is 0. The summed E-state index contributed by atoms with van der Waals surface area (Å²) in [6.45, 7) is 11.7. The van der Waals surface area contributed by atoms with Crippen LogP contribution in [-0.4, -0.2) is 0 Å². The summed E-state index contributed by atoms with van der Waals surface area (Å²) < 4.78 is 0. The van der Waals surface area contributed by atoms with Gasteiger partial charge in [-0.1, -0.05) is 192 Å². The zero-order valence-electron chi connectivity index (χ0n) is 33.4. The van der Waals surface area contributed by atoms with Gasteiger partial charge in [0.2, 0.25) is 0 Å². The van der Waals surface area contributed by atoms with Gasteiger partial charge >= 0.3 is 0 Å². The van der Waals surface area contributed by atoms with Crippen LogP contribution in [0.3, 0.4) is 0 Å². The Labute approximate surface area is 337 Å². The van der Waals surface area contributed by atoms with E-state index in [1.54, 1.807) is 0 Å². The highest BCUT2D eigenvalue weighted by Crippen LogP contribution is 2.58. The predicted octanol–water partition coefficient (Wildman–Crippen LogP) is 14.8. The SMILES string of the molecule is CC(C)(C)c1ccc2c(c1)C(c1ccccc1)(c1ccccc1)c1cc(N(c3ccc(-c4ccccc4)cc3)c3ccc4c(c3)C(C)(C)c3ccccc3-4)ccc1-2. The van der Waals surface area contributed by atoms with Crippen molar-refractivity contribution in [1.82, 2.24) is 0 Å². The van der Waals surface area contributed by atoms with E-state index in [9.17, 15) is 0 Å². The molecule has 0 saturated heterocycles. The molecule has 0 fully saturated rings. The number of hydrogen-bond acceptors (Lipinski definition) is 1. The minimum atomic E-state index is -0.519. The molecule has 0 radical (unpaired) electrons. The van der Waals surface area contributed by atoms with E-state index < -0.39 is 5.41 Å². The van der Waals surface area contributed by atoms with E-state index in [2.05, 4.69) is 234 Å². The summed E-state index contributed by atoms with van der Waals surface area (Å²) in [5, 5.41) is 0. The number of rotatable bonds is 6. The van der Waals surface area contributed by atoms with Gasteiger partial charge in [-0.05, 0) is 114 Å². The van der Waals surface area contributed by atoms with E-state index in [0.717, 1.165) is 17.1 Å². The van der Waals surface area contributed by atoms with Crippen molar-refractivity contribution in [2.75, 3.05) is 4.90 Å². The number of fused-ring (bicyclic) bond motifs is 6. The van der Waals surface area contributed by atoms with Crippen molar-refractivity contribution < 1.29 is 0 Å². The molecule has 0 heterocycles. The Hall–Kier alpha value is -6.44. The molecule has 2 aliphatic carbocycles. The Kier molecular flexibility index (Phi) is 8.03. The van der Waals surface area contributed by atoms with E-state index in [0.29, 0.717) is 0 Å². The van der Waals surface area contributed by atoms with Crippen LogP contribution in [0.2, 0.25) is 0 Å². The zero-order valence-corrected chi connectivity index (χ0v) is 33.4. The Morgan fingerprint density at radius 3 is 1.40 bits per heavy atom. The third kappa shape index (κ3) is 5.44. The second kappa shape index (κ2) is 13.1. The van der Waals surface area contributed by atoms with Crippen molar-refractivity contribution in [3.63, 3.8) is 0 Å². The molecule has 0 aliphatic heterocycles. The lowest BCUT2D eigenvalue weighted by Crippen LogP contribution is -2.29. The summed E-state index contributed by atoms with van der Waals surface area (Å²) >= 11 is 0. The summed E-state index contributed by atoms with van der Waals surface area (Å²) in [7, 11) is 0. The topological polar surface area (TPSA) is 3.24 Å². The van der Waals surface area contributed by atoms with Gasteiger partial charge in [0.05, 0.1) is 5.41 Å². The zero-order chi connectivity index (χ0) is 38.9. The molecule has 0 spiro atoms. The summed E-state index contributed by atoms with van der Waals surface area (Å²) in [6, 6.07) is 72.5. The highest BCUT2D eigenvalue weighted by atomic mass is 15.1. The summed E-state index contributed by atoms with van der Waals surface area (Å²) in [6.07, 6.45) is 0. The van der Waals surface area contributed by atoms with Crippen LogP contribution < -0.4 is 4.90 Å². The van der Waals surface area contributed by atoms with Crippen molar-refractivity contribution in [1.29, 1.82) is 0 Å². The van der Waals surface area contributed by atoms with Crippen LogP contribution in [0.15, 0.2) is 194 Å². The summed E-state index contributed by atoms with van der Waals surface area (Å²) in [5.41, 5.74) is 19.7. The molecule has 0 amide bonds. The van der Waals surface area contributed by atoms with Crippen molar-refractivity contribution in [3.05, 3.63) is 233 Å². The van der Waals surface area contributed by atoms with Crippen LogP contribution >= 0.6 is 0 Å². The fourth-order valence-electron chi connectivity index (χ4n) is 9.79. The smallest absolute Gasteiger partial charge is 0.0714 e. The summed E-state index contributed by atoms with van der Waals surface area (Å²) in [4.78, 5) is 2.47. The molecule has 0 saturated carbocycles. The van der Waals surface area contributed by atoms with Crippen molar-refractivity contribution in [3.8, 4) is 33.4 Å². The molecule has 57 heavy (non-hydrogen) atoms. The third-order valence-corrected chi connectivity index (χ3v) is 12.7. The first-order valence-electron chi connectivity index (χ1n) is 20.3. The summed E-state index contributed by atoms with van der Waals surface area (Å²) in [5.74, 6) is 0. The molecule has 0 aromatic heterocycles. The highest BCUT2D eigenvalue weighted by molar-refractivity contribution is 5.91. The van der Waals surface area contributed by atoms with E-state index in [-0.39, 0.29) is 10.8 Å². The number of benzene rings is 8. The first kappa shape index (κ1) is 35.0. The van der Waals surface area contributed by atoms with Gasteiger partial charge in [-0.15, -0.1) is 0 Å². The lowest BCUT2D eigenvalue weighted by Gasteiger charge is -2.35. The van der Waals surface area contributed by atoms with Gasteiger partial charge in [0.1, 0.15) is 0 Å². The Morgan fingerprint density at radius 2 is 0.807 bits per heavy atom. The van der Waals surface area contributed by atoms with Crippen LogP contribution in [0, 0.1) is 0 Å². The van der Waals surface area contributed by atoms with Gasteiger partial charge in [0.15, 0.2) is 0 Å². The highest BCUT2D eigenvalue weighted by Gasteiger charge is 2.47. The van der Waals surface area contributed by atoms with Gasteiger partial charge in [-0.3, -0.25) is 0 Å². The van der Waals surface area contributed by atoms with Crippen molar-refractivity contribution in [2.24, 2.45) is 0 Å².